The number of aliphatic hydroxyl groups is 1. The molecule has 1 aliphatic rings. The van der Waals surface area contributed by atoms with E-state index in [-0.39, 0.29) is 24.5 Å². The molecule has 1 saturated carbocycles. The standard InChI is InChI=1S/C9H13F3O/c1-6(13)7-2-4-8(5-3-7)9(10,11)12/h7-8,13H,1-5H2. The van der Waals surface area contributed by atoms with Gasteiger partial charge in [-0.1, -0.05) is 6.58 Å². The van der Waals surface area contributed by atoms with Gasteiger partial charge in [-0.15, -0.1) is 0 Å². The summed E-state index contributed by atoms with van der Waals surface area (Å²) in [5.41, 5.74) is 0. The van der Waals surface area contributed by atoms with Crippen molar-refractivity contribution in [3.8, 4) is 0 Å². The lowest BCUT2D eigenvalue weighted by atomic mass is 9.81. The molecule has 76 valence electrons. The predicted octanol–water partition coefficient (Wildman–Crippen LogP) is 3.43. The molecule has 0 atom stereocenters. The quantitative estimate of drug-likeness (QED) is 0.634. The SMILES string of the molecule is C=C(O)C1CCC(C(F)(F)F)CC1. The van der Waals surface area contributed by atoms with Gasteiger partial charge in [0.1, 0.15) is 0 Å². The van der Waals surface area contributed by atoms with Crippen molar-refractivity contribution >= 4 is 0 Å². The average molecular weight is 194 g/mol. The highest BCUT2D eigenvalue weighted by Crippen LogP contribution is 2.40. The molecule has 1 N–H and O–H groups in total. The fraction of sp³-hybridized carbons (Fsp3) is 0.778. The summed E-state index contributed by atoms with van der Waals surface area (Å²) in [7, 11) is 0. The molecule has 0 bridgehead atoms. The molecule has 0 aliphatic heterocycles. The van der Waals surface area contributed by atoms with Crippen molar-refractivity contribution in [3.63, 3.8) is 0 Å². The van der Waals surface area contributed by atoms with Crippen LogP contribution in [0.5, 0.6) is 0 Å². The molecule has 4 heteroatoms. The minimum absolute atomic E-state index is 0.0284. The first-order chi connectivity index (χ1) is 5.91. The van der Waals surface area contributed by atoms with E-state index >= 15 is 0 Å². The summed E-state index contributed by atoms with van der Waals surface area (Å²) >= 11 is 0. The van der Waals surface area contributed by atoms with Crippen LogP contribution in [0.4, 0.5) is 13.2 Å². The molecule has 0 amide bonds. The Morgan fingerprint density at radius 3 is 1.92 bits per heavy atom. The van der Waals surface area contributed by atoms with Crippen molar-refractivity contribution in [2.45, 2.75) is 31.9 Å². The Bertz CT molecular complexity index is 190. The minimum atomic E-state index is -4.07. The lowest BCUT2D eigenvalue weighted by molar-refractivity contribution is -0.183. The highest BCUT2D eigenvalue weighted by molar-refractivity contribution is 4.92. The lowest BCUT2D eigenvalue weighted by Gasteiger charge is -2.29. The van der Waals surface area contributed by atoms with Crippen LogP contribution in [0.15, 0.2) is 12.3 Å². The molecule has 1 aliphatic carbocycles. The molecular weight excluding hydrogens is 181 g/mol. The molecule has 0 aromatic rings. The van der Waals surface area contributed by atoms with Crippen molar-refractivity contribution in [2.24, 2.45) is 11.8 Å². The number of rotatable bonds is 1. The Balaban J connectivity index is 2.44. The minimum Gasteiger partial charge on any atom is -0.513 e. The van der Waals surface area contributed by atoms with Crippen molar-refractivity contribution in [3.05, 3.63) is 12.3 Å². The fourth-order valence-corrected chi connectivity index (χ4v) is 1.75. The van der Waals surface area contributed by atoms with Gasteiger partial charge in [0.2, 0.25) is 0 Å². The summed E-state index contributed by atoms with van der Waals surface area (Å²) in [5.74, 6) is -1.28. The van der Waals surface area contributed by atoms with Crippen molar-refractivity contribution in [1.29, 1.82) is 0 Å². The summed E-state index contributed by atoms with van der Waals surface area (Å²) in [6.45, 7) is 3.34. The van der Waals surface area contributed by atoms with Gasteiger partial charge in [0, 0.05) is 5.92 Å². The molecular formula is C9H13F3O. The van der Waals surface area contributed by atoms with Gasteiger partial charge in [0.25, 0.3) is 0 Å². The lowest BCUT2D eigenvalue weighted by Crippen LogP contribution is -2.28. The van der Waals surface area contributed by atoms with Gasteiger partial charge in [-0.05, 0) is 25.7 Å². The van der Waals surface area contributed by atoms with Crippen molar-refractivity contribution in [1.82, 2.24) is 0 Å². The monoisotopic (exact) mass is 194 g/mol. The molecule has 0 saturated heterocycles. The molecule has 0 aromatic heterocycles. The zero-order valence-electron chi connectivity index (χ0n) is 7.27. The van der Waals surface area contributed by atoms with Gasteiger partial charge in [0.15, 0.2) is 0 Å². The second kappa shape index (κ2) is 3.60. The fourth-order valence-electron chi connectivity index (χ4n) is 1.75. The number of halogens is 3. The van der Waals surface area contributed by atoms with Crippen LogP contribution in [-0.4, -0.2) is 11.3 Å². The van der Waals surface area contributed by atoms with Gasteiger partial charge in [-0.25, -0.2) is 0 Å². The van der Waals surface area contributed by atoms with Gasteiger partial charge in [0.05, 0.1) is 11.7 Å². The van der Waals surface area contributed by atoms with Gasteiger partial charge in [-0.3, -0.25) is 0 Å². The Morgan fingerprint density at radius 1 is 1.15 bits per heavy atom. The van der Waals surface area contributed by atoms with E-state index in [4.69, 9.17) is 5.11 Å². The maximum atomic E-state index is 12.2. The molecule has 13 heavy (non-hydrogen) atoms. The zero-order valence-corrected chi connectivity index (χ0v) is 7.27. The van der Waals surface area contributed by atoms with E-state index in [9.17, 15) is 13.2 Å². The third kappa shape index (κ3) is 2.64. The molecule has 0 radical (unpaired) electrons. The van der Waals surface area contributed by atoms with Gasteiger partial charge in [-0.2, -0.15) is 13.2 Å². The van der Waals surface area contributed by atoms with E-state index in [1.807, 2.05) is 0 Å². The molecule has 1 fully saturated rings. The molecule has 0 aromatic carbocycles. The van der Waals surface area contributed by atoms with E-state index in [0.717, 1.165) is 0 Å². The van der Waals surface area contributed by atoms with Crippen LogP contribution in [0.25, 0.3) is 0 Å². The normalized spacial score (nSPS) is 30.1. The van der Waals surface area contributed by atoms with E-state index in [2.05, 4.69) is 6.58 Å². The first kappa shape index (κ1) is 10.4. The smallest absolute Gasteiger partial charge is 0.391 e. The molecule has 0 unspecified atom stereocenters. The van der Waals surface area contributed by atoms with Crippen molar-refractivity contribution in [2.75, 3.05) is 0 Å². The van der Waals surface area contributed by atoms with Crippen LogP contribution in [0.3, 0.4) is 0 Å². The number of hydrogen-bond donors (Lipinski definition) is 1. The summed E-state index contributed by atoms with van der Waals surface area (Å²) in [6.07, 6.45) is -3.03. The summed E-state index contributed by atoms with van der Waals surface area (Å²) in [6, 6.07) is 0. The van der Waals surface area contributed by atoms with E-state index in [1.165, 1.54) is 0 Å². The number of alkyl halides is 3. The Labute approximate surface area is 75.3 Å². The van der Waals surface area contributed by atoms with Crippen LogP contribution >= 0.6 is 0 Å². The predicted molar refractivity (Wildman–Crippen MR) is 43.3 cm³/mol. The zero-order chi connectivity index (χ0) is 10.1. The third-order valence-electron chi connectivity index (χ3n) is 2.66. The number of hydrogen-bond acceptors (Lipinski definition) is 1. The Kier molecular flexibility index (Phi) is 2.88. The van der Waals surface area contributed by atoms with Gasteiger partial charge < -0.3 is 5.11 Å². The van der Waals surface area contributed by atoms with E-state index in [1.54, 1.807) is 0 Å². The summed E-state index contributed by atoms with van der Waals surface area (Å²) < 4.78 is 36.6. The topological polar surface area (TPSA) is 20.2 Å². The van der Waals surface area contributed by atoms with Crippen molar-refractivity contribution < 1.29 is 18.3 Å². The van der Waals surface area contributed by atoms with E-state index in [0.29, 0.717) is 12.8 Å². The second-order valence-electron chi connectivity index (χ2n) is 3.58. The largest absolute Gasteiger partial charge is 0.513 e. The highest BCUT2D eigenvalue weighted by atomic mass is 19.4. The van der Waals surface area contributed by atoms with Crippen LogP contribution in [0.1, 0.15) is 25.7 Å². The first-order valence-corrected chi connectivity index (χ1v) is 4.35. The summed E-state index contributed by atoms with van der Waals surface area (Å²) in [5, 5.41) is 8.99. The van der Waals surface area contributed by atoms with Crippen LogP contribution in [0, 0.1) is 11.8 Å². The van der Waals surface area contributed by atoms with Gasteiger partial charge >= 0.3 is 6.18 Å². The second-order valence-corrected chi connectivity index (χ2v) is 3.58. The molecule has 1 rings (SSSR count). The van der Waals surface area contributed by atoms with E-state index < -0.39 is 12.1 Å². The van der Waals surface area contributed by atoms with Crippen LogP contribution in [0.2, 0.25) is 0 Å². The number of aliphatic hydroxyl groups excluding tert-OH is 1. The summed E-state index contributed by atoms with van der Waals surface area (Å²) in [4.78, 5) is 0. The molecule has 0 spiro atoms. The molecule has 0 heterocycles. The maximum Gasteiger partial charge on any atom is 0.391 e. The Hall–Kier alpha value is -0.670. The third-order valence-corrected chi connectivity index (χ3v) is 2.66. The first-order valence-electron chi connectivity index (χ1n) is 4.35. The van der Waals surface area contributed by atoms with Crippen LogP contribution in [-0.2, 0) is 0 Å². The maximum absolute atomic E-state index is 12.2. The van der Waals surface area contributed by atoms with Crippen LogP contribution < -0.4 is 0 Å². The highest BCUT2D eigenvalue weighted by Gasteiger charge is 2.41. The Morgan fingerprint density at radius 2 is 1.62 bits per heavy atom. The number of allylic oxidation sites excluding steroid dienone is 1. The molecule has 1 nitrogen and oxygen atoms in total. The average Bonchev–Trinajstić information content (AvgIpc) is 2.03.